The molecule has 0 aromatic carbocycles. The van der Waals surface area contributed by atoms with Gasteiger partial charge in [-0.15, -0.1) is 0 Å². The van der Waals surface area contributed by atoms with Gasteiger partial charge in [0.2, 0.25) is 5.88 Å². The van der Waals surface area contributed by atoms with Crippen LogP contribution in [0.5, 0.6) is 5.88 Å². The fourth-order valence-electron chi connectivity index (χ4n) is 1.82. The number of unbranched alkanes of at least 4 members (excludes halogenated alkanes) is 1. The minimum Gasteiger partial charge on any atom is -0.468 e. The Labute approximate surface area is 144 Å². The molecule has 0 fully saturated rings. The Morgan fingerprint density at radius 1 is 1.33 bits per heavy atom. The molecule has 24 heavy (non-hydrogen) atoms. The third kappa shape index (κ3) is 8.85. The lowest BCUT2D eigenvalue weighted by Crippen LogP contribution is -2.37. The zero-order valence-corrected chi connectivity index (χ0v) is 14.6. The van der Waals surface area contributed by atoms with Gasteiger partial charge in [-0.2, -0.15) is 24.9 Å². The number of rotatable bonds is 9. The number of hydrogen-bond acceptors (Lipinski definition) is 4. The van der Waals surface area contributed by atoms with Crippen molar-refractivity contribution in [1.82, 2.24) is 15.6 Å². The lowest BCUT2D eigenvalue weighted by atomic mass is 10.2. The van der Waals surface area contributed by atoms with Crippen molar-refractivity contribution in [3.8, 4) is 5.88 Å². The molecule has 0 aliphatic carbocycles. The summed E-state index contributed by atoms with van der Waals surface area (Å²) >= 11 is 1.81. The Bertz CT molecular complexity index is 512. The van der Waals surface area contributed by atoms with E-state index in [9.17, 15) is 13.2 Å². The maximum absolute atomic E-state index is 12.3. The fraction of sp³-hybridized carbons (Fsp3) is 0.600. The SMILES string of the molecule is CN=C(NCCCCSC)NCc1cccnc1OCC(F)(F)F. The van der Waals surface area contributed by atoms with Gasteiger partial charge in [0.15, 0.2) is 12.6 Å². The quantitative estimate of drug-likeness (QED) is 0.401. The Balaban J connectivity index is 2.47. The monoisotopic (exact) mass is 364 g/mol. The molecule has 0 radical (unpaired) electrons. The number of ether oxygens (including phenoxy) is 1. The van der Waals surface area contributed by atoms with Crippen LogP contribution in [0, 0.1) is 0 Å². The average Bonchev–Trinajstić information content (AvgIpc) is 2.55. The van der Waals surface area contributed by atoms with E-state index in [1.54, 1.807) is 19.2 Å². The second-order valence-corrected chi connectivity index (χ2v) is 5.91. The lowest BCUT2D eigenvalue weighted by molar-refractivity contribution is -0.154. The van der Waals surface area contributed by atoms with Gasteiger partial charge in [0, 0.05) is 31.9 Å². The zero-order valence-electron chi connectivity index (χ0n) is 13.8. The maximum Gasteiger partial charge on any atom is 0.422 e. The van der Waals surface area contributed by atoms with Crippen molar-refractivity contribution < 1.29 is 17.9 Å². The van der Waals surface area contributed by atoms with Crippen LogP contribution in [0.4, 0.5) is 13.2 Å². The molecule has 0 saturated heterocycles. The average molecular weight is 364 g/mol. The molecule has 0 unspecified atom stereocenters. The number of alkyl halides is 3. The summed E-state index contributed by atoms with van der Waals surface area (Å²) in [6.07, 6.45) is 1.21. The number of nitrogens with zero attached hydrogens (tertiary/aromatic N) is 2. The van der Waals surface area contributed by atoms with Crippen LogP contribution in [-0.4, -0.2) is 49.3 Å². The molecule has 1 aromatic rings. The molecule has 0 spiro atoms. The van der Waals surface area contributed by atoms with Crippen molar-refractivity contribution in [3.05, 3.63) is 23.9 Å². The Hall–Kier alpha value is -1.64. The minimum absolute atomic E-state index is 0.0299. The highest BCUT2D eigenvalue weighted by molar-refractivity contribution is 7.98. The van der Waals surface area contributed by atoms with Crippen LogP contribution in [0.2, 0.25) is 0 Å². The standard InChI is InChI=1S/C15H23F3N4OS/c1-19-14(21-7-3-4-9-24-2)22-10-12-6-5-8-20-13(12)23-11-15(16,17)18/h5-6,8H,3-4,7,9-11H2,1-2H3,(H2,19,21,22). The first-order chi connectivity index (χ1) is 11.5. The molecule has 9 heteroatoms. The number of pyridine rings is 1. The van der Waals surface area contributed by atoms with Gasteiger partial charge in [-0.25, -0.2) is 4.98 Å². The summed E-state index contributed by atoms with van der Waals surface area (Å²) in [4.78, 5) is 7.94. The van der Waals surface area contributed by atoms with E-state index in [1.807, 2.05) is 11.8 Å². The normalized spacial score (nSPS) is 12.1. The van der Waals surface area contributed by atoms with Gasteiger partial charge in [0.25, 0.3) is 0 Å². The Morgan fingerprint density at radius 2 is 2.12 bits per heavy atom. The van der Waals surface area contributed by atoms with Gasteiger partial charge in [0.1, 0.15) is 0 Å². The fourth-order valence-corrected chi connectivity index (χ4v) is 2.31. The molecule has 2 N–H and O–H groups in total. The van der Waals surface area contributed by atoms with Gasteiger partial charge in [0.05, 0.1) is 0 Å². The lowest BCUT2D eigenvalue weighted by Gasteiger charge is -2.14. The van der Waals surface area contributed by atoms with Crippen LogP contribution < -0.4 is 15.4 Å². The summed E-state index contributed by atoms with van der Waals surface area (Å²) in [6, 6.07) is 3.31. The molecule has 0 atom stereocenters. The summed E-state index contributed by atoms with van der Waals surface area (Å²) in [5, 5.41) is 6.21. The highest BCUT2D eigenvalue weighted by Gasteiger charge is 2.29. The summed E-state index contributed by atoms with van der Waals surface area (Å²) < 4.78 is 41.6. The molecule has 136 valence electrons. The predicted octanol–water partition coefficient (Wildman–Crippen LogP) is 2.83. The van der Waals surface area contributed by atoms with Crippen molar-refractivity contribution in [3.63, 3.8) is 0 Å². The topological polar surface area (TPSA) is 58.5 Å². The first-order valence-corrected chi connectivity index (χ1v) is 8.92. The van der Waals surface area contributed by atoms with Crippen molar-refractivity contribution in [2.24, 2.45) is 4.99 Å². The molecular formula is C15H23F3N4OS. The van der Waals surface area contributed by atoms with E-state index < -0.39 is 12.8 Å². The summed E-state index contributed by atoms with van der Waals surface area (Å²) in [7, 11) is 1.64. The minimum atomic E-state index is -4.39. The highest BCUT2D eigenvalue weighted by Crippen LogP contribution is 2.19. The molecule has 1 rings (SSSR count). The molecule has 0 aliphatic rings. The van der Waals surface area contributed by atoms with Crippen LogP contribution in [0.25, 0.3) is 0 Å². The molecule has 0 saturated carbocycles. The molecule has 0 bridgehead atoms. The first kappa shape index (κ1) is 20.4. The molecular weight excluding hydrogens is 341 g/mol. The molecule has 0 aliphatic heterocycles. The number of nitrogens with one attached hydrogen (secondary N) is 2. The second-order valence-electron chi connectivity index (χ2n) is 4.92. The van der Waals surface area contributed by atoms with Crippen molar-refractivity contribution >= 4 is 17.7 Å². The number of halogens is 3. The van der Waals surface area contributed by atoms with Crippen LogP contribution in [0.15, 0.2) is 23.3 Å². The predicted molar refractivity (Wildman–Crippen MR) is 91.6 cm³/mol. The van der Waals surface area contributed by atoms with Crippen LogP contribution >= 0.6 is 11.8 Å². The van der Waals surface area contributed by atoms with Gasteiger partial charge < -0.3 is 15.4 Å². The number of thioether (sulfide) groups is 1. The summed E-state index contributed by atoms with van der Waals surface area (Å²) in [5.41, 5.74) is 0.534. The Kier molecular flexibility index (Phi) is 9.36. The molecule has 5 nitrogen and oxygen atoms in total. The summed E-state index contributed by atoms with van der Waals surface area (Å²) in [5.74, 6) is 1.67. The second kappa shape index (κ2) is 11.0. The van der Waals surface area contributed by atoms with E-state index >= 15 is 0 Å². The first-order valence-electron chi connectivity index (χ1n) is 7.53. The van der Waals surface area contributed by atoms with Crippen molar-refractivity contribution in [2.45, 2.75) is 25.6 Å². The van der Waals surface area contributed by atoms with E-state index in [0.717, 1.165) is 25.1 Å². The number of aliphatic imine (C=N–C) groups is 1. The van der Waals surface area contributed by atoms with Gasteiger partial charge in [-0.3, -0.25) is 4.99 Å². The van der Waals surface area contributed by atoms with Crippen molar-refractivity contribution in [2.75, 3.05) is 32.2 Å². The largest absolute Gasteiger partial charge is 0.468 e. The molecule has 1 aromatic heterocycles. The van der Waals surface area contributed by atoms with Crippen LogP contribution in [-0.2, 0) is 6.54 Å². The third-order valence-corrected chi connectivity index (χ3v) is 3.66. The van der Waals surface area contributed by atoms with E-state index in [1.165, 1.54) is 6.20 Å². The van der Waals surface area contributed by atoms with E-state index in [-0.39, 0.29) is 12.4 Å². The smallest absolute Gasteiger partial charge is 0.422 e. The van der Waals surface area contributed by atoms with Gasteiger partial charge in [-0.05, 0) is 30.9 Å². The molecule has 1 heterocycles. The zero-order chi connectivity index (χ0) is 17.8. The van der Waals surface area contributed by atoms with Crippen LogP contribution in [0.3, 0.4) is 0 Å². The number of guanidine groups is 1. The van der Waals surface area contributed by atoms with Gasteiger partial charge in [-0.1, -0.05) is 6.07 Å². The number of aromatic nitrogens is 1. The van der Waals surface area contributed by atoms with E-state index in [4.69, 9.17) is 4.74 Å². The summed E-state index contributed by atoms with van der Waals surface area (Å²) in [6.45, 7) is -0.310. The highest BCUT2D eigenvalue weighted by atomic mass is 32.2. The third-order valence-electron chi connectivity index (χ3n) is 2.96. The molecule has 0 amide bonds. The maximum atomic E-state index is 12.3. The number of hydrogen-bond donors (Lipinski definition) is 2. The van der Waals surface area contributed by atoms with Gasteiger partial charge >= 0.3 is 6.18 Å². The van der Waals surface area contributed by atoms with E-state index in [2.05, 4.69) is 26.9 Å². The van der Waals surface area contributed by atoms with Crippen molar-refractivity contribution in [1.29, 1.82) is 0 Å². The van der Waals surface area contributed by atoms with E-state index in [0.29, 0.717) is 11.5 Å². The van der Waals surface area contributed by atoms with Crippen LogP contribution in [0.1, 0.15) is 18.4 Å². The Morgan fingerprint density at radius 3 is 2.79 bits per heavy atom.